The van der Waals surface area contributed by atoms with Crippen LogP contribution in [0.2, 0.25) is 0 Å². The summed E-state index contributed by atoms with van der Waals surface area (Å²) >= 11 is 3.46. The van der Waals surface area contributed by atoms with Crippen molar-refractivity contribution in [3.63, 3.8) is 0 Å². The maximum Gasteiger partial charge on any atom is 0.181 e. The van der Waals surface area contributed by atoms with Crippen LogP contribution in [0.1, 0.15) is 11.3 Å². The molecule has 0 unspecified atom stereocenters. The van der Waals surface area contributed by atoms with Crippen molar-refractivity contribution in [1.29, 1.82) is 0 Å². The van der Waals surface area contributed by atoms with E-state index in [-0.39, 0.29) is 0 Å². The molecule has 0 atom stereocenters. The fourth-order valence-corrected chi connectivity index (χ4v) is 2.44. The number of hydrazine groups is 1. The Balaban J connectivity index is 2.15. The lowest BCUT2D eigenvalue weighted by Crippen LogP contribution is -2.19. The maximum absolute atomic E-state index is 5.53. The van der Waals surface area contributed by atoms with Gasteiger partial charge in [-0.05, 0) is 28.1 Å². The number of nitrogens with one attached hydrogen (secondary N) is 1. The second-order valence-corrected chi connectivity index (χ2v) is 4.96. The molecule has 0 spiro atoms. The van der Waals surface area contributed by atoms with Gasteiger partial charge in [0, 0.05) is 22.7 Å². The third kappa shape index (κ3) is 2.32. The number of hydrogen-bond donors (Lipinski definition) is 2. The van der Waals surface area contributed by atoms with Crippen LogP contribution in [0, 0.1) is 0 Å². The summed E-state index contributed by atoms with van der Waals surface area (Å²) in [5, 5.41) is 0. The summed E-state index contributed by atoms with van der Waals surface area (Å²) in [7, 11) is 0. The summed E-state index contributed by atoms with van der Waals surface area (Å²) in [5.41, 5.74) is 5.19. The lowest BCUT2D eigenvalue weighted by atomic mass is 10.1. The van der Waals surface area contributed by atoms with Crippen LogP contribution in [-0.4, -0.2) is 21.6 Å². The molecule has 0 radical (unpaired) electrons. The van der Waals surface area contributed by atoms with Crippen molar-refractivity contribution in [2.24, 2.45) is 5.84 Å². The number of halogens is 1. The van der Waals surface area contributed by atoms with Gasteiger partial charge >= 0.3 is 0 Å². The van der Waals surface area contributed by atoms with Gasteiger partial charge in [0.15, 0.2) is 5.82 Å². The summed E-state index contributed by atoms with van der Waals surface area (Å²) < 4.78 is 6.26. The Morgan fingerprint density at radius 3 is 3.05 bits per heavy atom. The van der Waals surface area contributed by atoms with Crippen LogP contribution in [0.3, 0.4) is 0 Å². The smallest absolute Gasteiger partial charge is 0.181 e. The number of nitrogens with two attached hydrogens (primary N) is 1. The number of aromatic nitrogens is 3. The van der Waals surface area contributed by atoms with Gasteiger partial charge in [0.05, 0.1) is 18.9 Å². The zero-order chi connectivity index (χ0) is 13.2. The third-order valence-electron chi connectivity index (χ3n) is 2.93. The van der Waals surface area contributed by atoms with Crippen LogP contribution in [-0.2, 0) is 17.8 Å². The highest BCUT2D eigenvalue weighted by Gasteiger charge is 2.19. The third-order valence-corrected chi connectivity index (χ3v) is 3.57. The monoisotopic (exact) mass is 321 g/mol. The fraction of sp³-hybridized carbons (Fsp3) is 0.250. The Morgan fingerprint density at radius 2 is 2.26 bits per heavy atom. The van der Waals surface area contributed by atoms with E-state index in [0.29, 0.717) is 30.5 Å². The van der Waals surface area contributed by atoms with E-state index < -0.39 is 0 Å². The molecule has 7 heteroatoms. The van der Waals surface area contributed by atoms with E-state index in [4.69, 9.17) is 10.6 Å². The Hall–Kier alpha value is -1.57. The first kappa shape index (κ1) is 12.5. The predicted octanol–water partition coefficient (Wildman–Crippen LogP) is 1.66. The molecule has 1 aliphatic rings. The van der Waals surface area contributed by atoms with E-state index in [2.05, 4.69) is 36.3 Å². The highest BCUT2D eigenvalue weighted by molar-refractivity contribution is 9.10. The topological polar surface area (TPSA) is 86.0 Å². The van der Waals surface area contributed by atoms with Crippen LogP contribution in [0.4, 0.5) is 5.82 Å². The molecular formula is C12H12BrN5O. The molecular weight excluding hydrogens is 310 g/mol. The quantitative estimate of drug-likeness (QED) is 0.646. The molecule has 0 bridgehead atoms. The average molecular weight is 322 g/mol. The van der Waals surface area contributed by atoms with Gasteiger partial charge in [0.1, 0.15) is 11.5 Å². The molecule has 98 valence electrons. The molecule has 0 saturated heterocycles. The van der Waals surface area contributed by atoms with Crippen LogP contribution in [0.5, 0.6) is 0 Å². The van der Waals surface area contributed by atoms with Gasteiger partial charge < -0.3 is 10.2 Å². The number of anilines is 1. The number of rotatable bonds is 2. The molecule has 3 heterocycles. The van der Waals surface area contributed by atoms with Crippen LogP contribution >= 0.6 is 15.9 Å². The van der Waals surface area contributed by atoms with Crippen LogP contribution in [0.25, 0.3) is 11.5 Å². The van der Waals surface area contributed by atoms with Crippen molar-refractivity contribution in [3.8, 4) is 11.5 Å². The van der Waals surface area contributed by atoms with Gasteiger partial charge in [0.25, 0.3) is 0 Å². The van der Waals surface area contributed by atoms with Gasteiger partial charge in [-0.25, -0.2) is 15.8 Å². The van der Waals surface area contributed by atoms with Gasteiger partial charge in [0.2, 0.25) is 0 Å². The number of nitrogen functional groups attached to an aromatic ring is 1. The number of fused-ring (bicyclic) bond motifs is 1. The van der Waals surface area contributed by atoms with Crippen molar-refractivity contribution in [1.82, 2.24) is 15.0 Å². The minimum Gasteiger partial charge on any atom is -0.376 e. The molecule has 0 fully saturated rings. The fourth-order valence-electron chi connectivity index (χ4n) is 2.01. The first-order valence-electron chi connectivity index (χ1n) is 5.84. The maximum atomic E-state index is 5.53. The lowest BCUT2D eigenvalue weighted by molar-refractivity contribution is 0.109. The number of nitrogens with zero attached hydrogens (tertiary/aromatic N) is 3. The standard InChI is InChI=1S/C12H12BrN5O/c13-8-2-1-4-15-10(8)12-16-9-3-5-19-6-7(9)11(17-12)18-14/h1-2,4H,3,5-6,14H2,(H,16,17,18). The zero-order valence-corrected chi connectivity index (χ0v) is 11.6. The Kier molecular flexibility index (Phi) is 3.41. The molecule has 3 N–H and O–H groups in total. The summed E-state index contributed by atoms with van der Waals surface area (Å²) in [6.07, 6.45) is 2.46. The number of ether oxygens (including phenoxy) is 1. The second kappa shape index (κ2) is 5.20. The SMILES string of the molecule is NNc1nc(-c2ncccc2Br)nc2c1COCC2. The molecule has 6 nitrogen and oxygen atoms in total. The summed E-state index contributed by atoms with van der Waals surface area (Å²) in [6, 6.07) is 3.76. The van der Waals surface area contributed by atoms with Gasteiger partial charge in [-0.1, -0.05) is 0 Å². The molecule has 0 aromatic carbocycles. The molecule has 2 aromatic rings. The van der Waals surface area contributed by atoms with Crippen molar-refractivity contribution in [2.45, 2.75) is 13.0 Å². The molecule has 3 rings (SSSR count). The highest BCUT2D eigenvalue weighted by Crippen LogP contribution is 2.28. The number of hydrogen-bond acceptors (Lipinski definition) is 6. The summed E-state index contributed by atoms with van der Waals surface area (Å²) in [4.78, 5) is 13.3. The first-order chi connectivity index (χ1) is 9.29. The molecule has 0 aliphatic carbocycles. The van der Waals surface area contributed by atoms with Gasteiger partial charge in [-0.15, -0.1) is 0 Å². The van der Waals surface area contributed by atoms with E-state index in [9.17, 15) is 0 Å². The first-order valence-corrected chi connectivity index (χ1v) is 6.64. The molecule has 2 aromatic heterocycles. The average Bonchev–Trinajstić information content (AvgIpc) is 2.46. The molecule has 0 amide bonds. The molecule has 19 heavy (non-hydrogen) atoms. The van der Waals surface area contributed by atoms with Gasteiger partial charge in [-0.2, -0.15) is 0 Å². The largest absolute Gasteiger partial charge is 0.376 e. The minimum absolute atomic E-state index is 0.485. The van der Waals surface area contributed by atoms with Crippen molar-refractivity contribution < 1.29 is 4.74 Å². The van der Waals surface area contributed by atoms with E-state index in [1.54, 1.807) is 6.20 Å². The van der Waals surface area contributed by atoms with Gasteiger partial charge in [-0.3, -0.25) is 4.98 Å². The zero-order valence-electron chi connectivity index (χ0n) is 10.1. The predicted molar refractivity (Wildman–Crippen MR) is 74.1 cm³/mol. The normalized spacial score (nSPS) is 14.0. The molecule has 0 saturated carbocycles. The Morgan fingerprint density at radius 1 is 1.37 bits per heavy atom. The van der Waals surface area contributed by atoms with E-state index in [1.165, 1.54) is 0 Å². The Labute approximate surface area is 118 Å². The minimum atomic E-state index is 0.485. The van der Waals surface area contributed by atoms with Crippen LogP contribution < -0.4 is 11.3 Å². The van der Waals surface area contributed by atoms with E-state index in [0.717, 1.165) is 22.2 Å². The van der Waals surface area contributed by atoms with Crippen molar-refractivity contribution in [3.05, 3.63) is 34.1 Å². The van der Waals surface area contributed by atoms with E-state index >= 15 is 0 Å². The summed E-state index contributed by atoms with van der Waals surface area (Å²) in [5.74, 6) is 6.68. The molecule has 1 aliphatic heterocycles. The van der Waals surface area contributed by atoms with Crippen molar-refractivity contribution >= 4 is 21.7 Å². The number of pyridine rings is 1. The van der Waals surface area contributed by atoms with E-state index in [1.807, 2.05) is 12.1 Å². The second-order valence-electron chi connectivity index (χ2n) is 4.10. The van der Waals surface area contributed by atoms with Crippen molar-refractivity contribution in [2.75, 3.05) is 12.0 Å². The van der Waals surface area contributed by atoms with Crippen LogP contribution in [0.15, 0.2) is 22.8 Å². The lowest BCUT2D eigenvalue weighted by Gasteiger charge is -2.19. The highest BCUT2D eigenvalue weighted by atomic mass is 79.9. The Bertz CT molecular complexity index is 602. The summed E-state index contributed by atoms with van der Waals surface area (Å²) in [6.45, 7) is 1.15.